The van der Waals surface area contributed by atoms with Crippen LogP contribution in [0.15, 0.2) is 48.5 Å². The summed E-state index contributed by atoms with van der Waals surface area (Å²) >= 11 is 12.0. The van der Waals surface area contributed by atoms with Crippen LogP contribution < -0.4 is 10.1 Å². The first kappa shape index (κ1) is 22.6. The summed E-state index contributed by atoms with van der Waals surface area (Å²) in [7, 11) is 0. The number of hydrogen-bond donors (Lipinski definition) is 1. The van der Waals surface area contributed by atoms with Crippen molar-refractivity contribution < 1.29 is 23.1 Å². The number of nitrogens with zero attached hydrogens (tertiary/aromatic N) is 1. The van der Waals surface area contributed by atoms with E-state index in [1.807, 2.05) is 0 Å². The Morgan fingerprint density at radius 1 is 1.14 bits per heavy atom. The van der Waals surface area contributed by atoms with Gasteiger partial charge in [0.15, 0.2) is 0 Å². The number of alkyl halides is 2. The Labute approximate surface area is 176 Å². The largest absolute Gasteiger partial charge is 0.435 e. The van der Waals surface area contributed by atoms with E-state index in [1.165, 1.54) is 41.3 Å². The molecule has 29 heavy (non-hydrogen) atoms. The Balaban J connectivity index is 1.97. The van der Waals surface area contributed by atoms with Gasteiger partial charge in [-0.05, 0) is 42.8 Å². The van der Waals surface area contributed by atoms with Gasteiger partial charge in [-0.15, -0.1) is 0 Å². The summed E-state index contributed by atoms with van der Waals surface area (Å²) in [6.45, 7) is -1.06. The fourth-order valence-electron chi connectivity index (χ4n) is 2.35. The number of amides is 2. The van der Waals surface area contributed by atoms with Crippen molar-refractivity contribution in [2.75, 3.05) is 18.4 Å². The maximum Gasteiger partial charge on any atom is 0.387 e. The number of anilines is 1. The van der Waals surface area contributed by atoms with Gasteiger partial charge in [0.2, 0.25) is 11.8 Å². The maximum absolute atomic E-state index is 12.4. The summed E-state index contributed by atoms with van der Waals surface area (Å²) in [6.07, 6.45) is 2.81. The quantitative estimate of drug-likeness (QED) is 0.578. The van der Waals surface area contributed by atoms with Crippen LogP contribution in [0, 0.1) is 0 Å². The number of nitrogens with one attached hydrogen (secondary N) is 1. The van der Waals surface area contributed by atoms with Crippen LogP contribution in [0.4, 0.5) is 14.5 Å². The van der Waals surface area contributed by atoms with Crippen molar-refractivity contribution in [1.82, 2.24) is 4.90 Å². The molecule has 0 unspecified atom stereocenters. The molecule has 0 saturated heterocycles. The average Bonchev–Trinajstić information content (AvgIpc) is 2.68. The van der Waals surface area contributed by atoms with E-state index in [2.05, 4.69) is 10.1 Å². The molecule has 2 rings (SSSR count). The highest BCUT2D eigenvalue weighted by molar-refractivity contribution is 6.39. The summed E-state index contributed by atoms with van der Waals surface area (Å²) in [6, 6.07) is 10.6. The Morgan fingerprint density at radius 2 is 1.76 bits per heavy atom. The van der Waals surface area contributed by atoms with Crippen molar-refractivity contribution in [2.24, 2.45) is 0 Å². The van der Waals surface area contributed by atoms with Crippen molar-refractivity contribution >= 4 is 46.8 Å². The highest BCUT2D eigenvalue weighted by Crippen LogP contribution is 2.29. The van der Waals surface area contributed by atoms with Crippen LogP contribution in [-0.4, -0.2) is 36.4 Å². The van der Waals surface area contributed by atoms with Crippen LogP contribution in [0.5, 0.6) is 5.75 Å². The SMILES string of the molecule is CCN(CC(=O)Nc1c(Cl)cccc1Cl)C(=O)/C=C/c1ccc(OC(F)F)cc1. The third kappa shape index (κ3) is 7.03. The summed E-state index contributed by atoms with van der Waals surface area (Å²) in [5, 5.41) is 3.18. The first-order valence-electron chi connectivity index (χ1n) is 8.56. The van der Waals surface area contributed by atoms with E-state index < -0.39 is 12.5 Å². The van der Waals surface area contributed by atoms with Crippen molar-refractivity contribution in [1.29, 1.82) is 0 Å². The van der Waals surface area contributed by atoms with E-state index in [-0.39, 0.29) is 23.9 Å². The Kier molecular flexibility index (Phi) is 8.42. The summed E-state index contributed by atoms with van der Waals surface area (Å²) in [5.74, 6) is -0.813. The molecule has 0 spiro atoms. The van der Waals surface area contributed by atoms with Crippen LogP contribution in [0.3, 0.4) is 0 Å². The van der Waals surface area contributed by atoms with E-state index in [9.17, 15) is 18.4 Å². The number of ether oxygens (including phenoxy) is 1. The molecule has 5 nitrogen and oxygen atoms in total. The summed E-state index contributed by atoms with van der Waals surface area (Å²) in [5.41, 5.74) is 0.898. The zero-order valence-electron chi connectivity index (χ0n) is 15.4. The first-order valence-corrected chi connectivity index (χ1v) is 9.31. The van der Waals surface area contributed by atoms with Crippen LogP contribution in [0.1, 0.15) is 12.5 Å². The van der Waals surface area contributed by atoms with Gasteiger partial charge in [-0.1, -0.05) is 41.4 Å². The first-order chi connectivity index (χ1) is 13.8. The fourth-order valence-corrected chi connectivity index (χ4v) is 2.84. The predicted molar refractivity (Wildman–Crippen MR) is 109 cm³/mol. The van der Waals surface area contributed by atoms with Gasteiger partial charge in [-0.25, -0.2) is 0 Å². The van der Waals surface area contributed by atoms with Crippen LogP contribution in [-0.2, 0) is 9.59 Å². The van der Waals surface area contributed by atoms with Crippen molar-refractivity contribution in [3.8, 4) is 5.75 Å². The molecule has 0 aliphatic carbocycles. The minimum Gasteiger partial charge on any atom is -0.435 e. The van der Waals surface area contributed by atoms with Crippen LogP contribution in [0.25, 0.3) is 6.08 Å². The minimum atomic E-state index is -2.90. The van der Waals surface area contributed by atoms with Gasteiger partial charge in [0.25, 0.3) is 0 Å². The Hall–Kier alpha value is -2.64. The average molecular weight is 443 g/mol. The molecule has 1 N–H and O–H groups in total. The lowest BCUT2D eigenvalue weighted by atomic mass is 10.2. The Bertz CT molecular complexity index is 870. The number of carbonyl (C=O) groups excluding carboxylic acids is 2. The molecule has 0 bridgehead atoms. The number of benzene rings is 2. The number of halogens is 4. The van der Waals surface area contributed by atoms with E-state index >= 15 is 0 Å². The van der Waals surface area contributed by atoms with Gasteiger partial charge in [0.1, 0.15) is 12.3 Å². The molecule has 0 saturated carbocycles. The van der Waals surface area contributed by atoms with Crippen molar-refractivity contribution in [2.45, 2.75) is 13.5 Å². The van der Waals surface area contributed by atoms with Gasteiger partial charge in [0.05, 0.1) is 15.7 Å². The third-order valence-electron chi connectivity index (χ3n) is 3.78. The second-order valence-electron chi connectivity index (χ2n) is 5.78. The van der Waals surface area contributed by atoms with Gasteiger partial charge in [-0.3, -0.25) is 9.59 Å². The molecule has 2 amide bonds. The lowest BCUT2D eigenvalue weighted by Crippen LogP contribution is -2.37. The van der Waals surface area contributed by atoms with Gasteiger partial charge in [-0.2, -0.15) is 8.78 Å². The monoisotopic (exact) mass is 442 g/mol. The fraction of sp³-hybridized carbons (Fsp3) is 0.200. The van der Waals surface area contributed by atoms with Crippen LogP contribution in [0.2, 0.25) is 10.0 Å². The third-order valence-corrected chi connectivity index (χ3v) is 4.41. The van der Waals surface area contributed by atoms with E-state index in [0.717, 1.165) is 0 Å². The summed E-state index contributed by atoms with van der Waals surface area (Å²) in [4.78, 5) is 26.0. The molecular weight excluding hydrogens is 425 g/mol. The molecule has 2 aromatic carbocycles. The number of para-hydroxylation sites is 1. The highest BCUT2D eigenvalue weighted by Gasteiger charge is 2.15. The predicted octanol–water partition coefficient (Wildman–Crippen LogP) is 5.10. The maximum atomic E-state index is 12.4. The molecule has 0 aliphatic rings. The zero-order valence-corrected chi connectivity index (χ0v) is 16.9. The normalized spacial score (nSPS) is 11.0. The second kappa shape index (κ2) is 10.8. The molecule has 0 heterocycles. The lowest BCUT2D eigenvalue weighted by Gasteiger charge is -2.19. The topological polar surface area (TPSA) is 58.6 Å². The van der Waals surface area contributed by atoms with Gasteiger partial charge < -0.3 is 15.0 Å². The van der Waals surface area contributed by atoms with E-state index in [4.69, 9.17) is 23.2 Å². The van der Waals surface area contributed by atoms with Crippen molar-refractivity contribution in [3.05, 3.63) is 64.1 Å². The standard InChI is InChI=1S/C20H18Cl2F2N2O3/c1-2-26(12-17(27)25-19-15(21)4-3-5-16(19)22)18(28)11-8-13-6-9-14(10-7-13)29-20(23)24/h3-11,20H,2,12H2,1H3,(H,25,27)/b11-8+. The second-order valence-corrected chi connectivity index (χ2v) is 6.59. The number of hydrogen-bond acceptors (Lipinski definition) is 3. The van der Waals surface area contributed by atoms with Crippen LogP contribution >= 0.6 is 23.2 Å². The molecule has 0 fully saturated rings. The molecule has 154 valence electrons. The summed E-state index contributed by atoms with van der Waals surface area (Å²) < 4.78 is 28.6. The van der Waals surface area contributed by atoms with Crippen molar-refractivity contribution in [3.63, 3.8) is 0 Å². The molecule has 9 heteroatoms. The highest BCUT2D eigenvalue weighted by atomic mass is 35.5. The minimum absolute atomic E-state index is 0.0218. The van der Waals surface area contributed by atoms with E-state index in [0.29, 0.717) is 22.2 Å². The van der Waals surface area contributed by atoms with E-state index in [1.54, 1.807) is 25.1 Å². The Morgan fingerprint density at radius 3 is 2.31 bits per heavy atom. The number of rotatable bonds is 8. The molecule has 0 atom stereocenters. The number of carbonyl (C=O) groups is 2. The van der Waals surface area contributed by atoms with Gasteiger partial charge in [0, 0.05) is 12.6 Å². The molecule has 0 aromatic heterocycles. The zero-order chi connectivity index (χ0) is 21.4. The molecular formula is C20H18Cl2F2N2O3. The lowest BCUT2D eigenvalue weighted by molar-refractivity contribution is -0.130. The van der Waals surface area contributed by atoms with Gasteiger partial charge >= 0.3 is 6.61 Å². The molecule has 0 aliphatic heterocycles. The molecule has 2 aromatic rings. The number of likely N-dealkylation sites (N-methyl/N-ethyl adjacent to an activating group) is 1. The smallest absolute Gasteiger partial charge is 0.387 e. The molecule has 0 radical (unpaired) electrons.